The van der Waals surface area contributed by atoms with Gasteiger partial charge in [-0.3, -0.25) is 14.4 Å². The molecule has 0 radical (unpaired) electrons. The molecule has 188 valence electrons. The van der Waals surface area contributed by atoms with E-state index < -0.39 is 5.41 Å². The molecule has 4 saturated carbocycles. The van der Waals surface area contributed by atoms with Crippen molar-refractivity contribution in [2.45, 2.75) is 99.3 Å². The van der Waals surface area contributed by atoms with Crippen molar-refractivity contribution in [2.75, 3.05) is 6.61 Å². The zero-order chi connectivity index (χ0) is 24.7. The number of hydrogen-bond donors (Lipinski definition) is 0. The highest BCUT2D eigenvalue weighted by Crippen LogP contribution is 2.69. The Labute approximate surface area is 205 Å². The van der Waals surface area contributed by atoms with Crippen molar-refractivity contribution < 1.29 is 19.1 Å². The van der Waals surface area contributed by atoms with Crippen LogP contribution in [0.5, 0.6) is 0 Å². The minimum absolute atomic E-state index is 0.0215. The van der Waals surface area contributed by atoms with Crippen LogP contribution in [0.25, 0.3) is 0 Å². The molecule has 0 aromatic heterocycles. The van der Waals surface area contributed by atoms with E-state index in [0.29, 0.717) is 24.7 Å². The number of fused-ring (bicyclic) bond motifs is 7. The summed E-state index contributed by atoms with van der Waals surface area (Å²) in [6.07, 6.45) is 10.2. The van der Waals surface area contributed by atoms with Crippen LogP contribution in [0.3, 0.4) is 0 Å². The molecule has 0 aromatic carbocycles. The van der Waals surface area contributed by atoms with Crippen LogP contribution in [-0.2, 0) is 19.1 Å². The van der Waals surface area contributed by atoms with Gasteiger partial charge in [0.2, 0.25) is 0 Å². The smallest absolute Gasteiger partial charge is 0.312 e. The maximum Gasteiger partial charge on any atom is 0.312 e. The summed E-state index contributed by atoms with van der Waals surface area (Å²) < 4.78 is 5.67. The first-order chi connectivity index (χ1) is 15.9. The first kappa shape index (κ1) is 24.3. The largest absolute Gasteiger partial charge is 0.466 e. The number of ketones is 2. The molecule has 0 amide bonds. The van der Waals surface area contributed by atoms with Crippen LogP contribution in [-0.4, -0.2) is 24.1 Å². The van der Waals surface area contributed by atoms with Crippen LogP contribution in [0, 0.1) is 51.2 Å². The maximum atomic E-state index is 14.1. The number of rotatable bonds is 2. The SMILES string of the molecule is CCOC(=O)C12CCC3C(C(=O)C=C4C5(C)CCC(=O)C(C)C5CCC43C)C1CC(C)(C)CC2. The molecule has 4 heteroatoms. The molecule has 0 heterocycles. The Morgan fingerprint density at radius 2 is 1.62 bits per heavy atom. The quantitative estimate of drug-likeness (QED) is 0.445. The average Bonchev–Trinajstić information content (AvgIpc) is 2.77. The van der Waals surface area contributed by atoms with E-state index in [1.54, 1.807) is 0 Å². The van der Waals surface area contributed by atoms with Gasteiger partial charge in [-0.15, -0.1) is 0 Å². The molecule has 8 unspecified atom stereocenters. The number of carbonyl (C=O) groups is 3. The second kappa shape index (κ2) is 7.77. The third kappa shape index (κ3) is 3.18. The van der Waals surface area contributed by atoms with Crippen molar-refractivity contribution in [3.63, 3.8) is 0 Å². The van der Waals surface area contributed by atoms with Gasteiger partial charge in [0.15, 0.2) is 5.78 Å². The van der Waals surface area contributed by atoms with Gasteiger partial charge < -0.3 is 4.74 Å². The number of allylic oxidation sites excluding steroid dienone is 2. The zero-order valence-corrected chi connectivity index (χ0v) is 22.2. The fraction of sp³-hybridized carbons (Fsp3) is 0.833. The van der Waals surface area contributed by atoms with Crippen molar-refractivity contribution in [3.8, 4) is 0 Å². The Bertz CT molecular complexity index is 945. The Morgan fingerprint density at radius 3 is 2.32 bits per heavy atom. The molecule has 5 aliphatic rings. The molecule has 5 aliphatic carbocycles. The summed E-state index contributed by atoms with van der Waals surface area (Å²) in [5, 5.41) is 0. The average molecular weight is 469 g/mol. The van der Waals surface area contributed by atoms with Gasteiger partial charge in [-0.1, -0.05) is 40.2 Å². The van der Waals surface area contributed by atoms with Crippen LogP contribution in [0.2, 0.25) is 0 Å². The van der Waals surface area contributed by atoms with Gasteiger partial charge in [0.05, 0.1) is 12.0 Å². The highest BCUT2D eigenvalue weighted by Gasteiger charge is 2.66. The van der Waals surface area contributed by atoms with E-state index in [2.05, 4.69) is 34.6 Å². The molecular formula is C30H44O4. The lowest BCUT2D eigenvalue weighted by Crippen LogP contribution is -2.61. The van der Waals surface area contributed by atoms with Crippen molar-refractivity contribution in [1.29, 1.82) is 0 Å². The number of hydrogen-bond acceptors (Lipinski definition) is 4. The predicted octanol–water partition coefficient (Wildman–Crippen LogP) is 6.32. The van der Waals surface area contributed by atoms with E-state index >= 15 is 0 Å². The van der Waals surface area contributed by atoms with Crippen molar-refractivity contribution in [2.24, 2.45) is 51.2 Å². The van der Waals surface area contributed by atoms with Crippen LogP contribution >= 0.6 is 0 Å². The number of carbonyl (C=O) groups excluding carboxylic acids is 3. The normalized spacial score (nSPS) is 47.5. The summed E-state index contributed by atoms with van der Waals surface area (Å²) in [6.45, 7) is 13.8. The molecule has 0 N–H and O–H groups in total. The molecule has 0 bridgehead atoms. The van der Waals surface area contributed by atoms with Crippen LogP contribution in [0.1, 0.15) is 99.3 Å². The van der Waals surface area contributed by atoms with Crippen molar-refractivity contribution in [3.05, 3.63) is 11.6 Å². The van der Waals surface area contributed by atoms with Crippen LogP contribution in [0.15, 0.2) is 11.6 Å². The first-order valence-electron chi connectivity index (χ1n) is 13.9. The number of Topliss-reactive ketones (excluding diaryl/α,β-unsaturated/α-hetero) is 1. The molecule has 34 heavy (non-hydrogen) atoms. The maximum absolute atomic E-state index is 14.1. The highest BCUT2D eigenvalue weighted by atomic mass is 16.5. The lowest BCUT2D eigenvalue weighted by Gasteiger charge is -2.64. The summed E-state index contributed by atoms with van der Waals surface area (Å²) in [5.74, 6) is 1.27. The molecule has 0 aliphatic heterocycles. The van der Waals surface area contributed by atoms with Crippen LogP contribution < -0.4 is 0 Å². The first-order valence-corrected chi connectivity index (χ1v) is 13.9. The minimum atomic E-state index is -0.503. The summed E-state index contributed by atoms with van der Waals surface area (Å²) in [5.41, 5.74) is 0.878. The Balaban J connectivity index is 1.58. The Kier molecular flexibility index (Phi) is 5.54. The van der Waals surface area contributed by atoms with Gasteiger partial charge in [0.25, 0.3) is 0 Å². The van der Waals surface area contributed by atoms with E-state index in [9.17, 15) is 14.4 Å². The van der Waals surface area contributed by atoms with Gasteiger partial charge in [-0.2, -0.15) is 0 Å². The van der Waals surface area contributed by atoms with Crippen molar-refractivity contribution >= 4 is 17.5 Å². The molecule has 0 aromatic rings. The molecule has 5 rings (SSSR count). The summed E-state index contributed by atoms with van der Waals surface area (Å²) in [4.78, 5) is 40.1. The van der Waals surface area contributed by atoms with Gasteiger partial charge >= 0.3 is 5.97 Å². The van der Waals surface area contributed by atoms with Gasteiger partial charge in [-0.05, 0) is 98.4 Å². The molecule has 0 saturated heterocycles. The summed E-state index contributed by atoms with van der Waals surface area (Å²) >= 11 is 0. The Hall–Kier alpha value is -1.45. The van der Waals surface area contributed by atoms with Gasteiger partial charge in [0, 0.05) is 18.3 Å². The summed E-state index contributed by atoms with van der Waals surface area (Å²) in [7, 11) is 0. The lowest BCUT2D eigenvalue weighted by molar-refractivity contribution is -0.180. The zero-order valence-electron chi connectivity index (χ0n) is 22.2. The lowest BCUT2D eigenvalue weighted by atomic mass is 9.39. The second-order valence-corrected chi connectivity index (χ2v) is 13.7. The van der Waals surface area contributed by atoms with Crippen molar-refractivity contribution in [1.82, 2.24) is 0 Å². The summed E-state index contributed by atoms with van der Waals surface area (Å²) in [6, 6.07) is 0. The van der Waals surface area contributed by atoms with E-state index in [4.69, 9.17) is 4.74 Å². The fourth-order valence-electron chi connectivity index (χ4n) is 9.71. The van der Waals surface area contributed by atoms with Gasteiger partial charge in [-0.25, -0.2) is 0 Å². The number of ether oxygens (including phenoxy) is 1. The van der Waals surface area contributed by atoms with E-state index in [0.717, 1.165) is 51.4 Å². The Morgan fingerprint density at radius 1 is 0.941 bits per heavy atom. The number of esters is 1. The predicted molar refractivity (Wildman–Crippen MR) is 132 cm³/mol. The molecule has 8 atom stereocenters. The standard InChI is InChI=1S/C30H44O4/c1-7-34-26(33)30-13-9-20-25(21(30)17-27(3,4)14-15-30)23(32)16-24-28(5)12-10-22(31)18(2)19(28)8-11-29(20,24)6/h16,18-21,25H,7-15,17H2,1-6H3. The molecule has 4 fully saturated rings. The minimum Gasteiger partial charge on any atom is -0.466 e. The molecule has 0 spiro atoms. The third-order valence-electron chi connectivity index (χ3n) is 11.6. The monoisotopic (exact) mass is 468 g/mol. The van der Waals surface area contributed by atoms with E-state index in [1.165, 1.54) is 5.57 Å². The van der Waals surface area contributed by atoms with Crippen LogP contribution in [0.4, 0.5) is 0 Å². The fourth-order valence-corrected chi connectivity index (χ4v) is 9.71. The highest BCUT2D eigenvalue weighted by molar-refractivity contribution is 5.96. The molecular weight excluding hydrogens is 424 g/mol. The van der Waals surface area contributed by atoms with E-state index in [-0.39, 0.29) is 51.7 Å². The van der Waals surface area contributed by atoms with E-state index in [1.807, 2.05) is 13.0 Å². The molecule has 4 nitrogen and oxygen atoms in total. The second-order valence-electron chi connectivity index (χ2n) is 13.7. The van der Waals surface area contributed by atoms with Gasteiger partial charge in [0.1, 0.15) is 5.78 Å². The topological polar surface area (TPSA) is 60.4 Å². The third-order valence-corrected chi connectivity index (χ3v) is 11.6.